The summed E-state index contributed by atoms with van der Waals surface area (Å²) in [4.78, 5) is 22.0. The number of nitrogens with two attached hydrogens (primary N) is 1. The number of hydrogen-bond acceptors (Lipinski definition) is 8. The van der Waals surface area contributed by atoms with E-state index >= 15 is 0 Å². The van der Waals surface area contributed by atoms with Crippen LogP contribution in [0.2, 0.25) is 0 Å². The highest BCUT2D eigenvalue weighted by atomic mass is 32.2. The maximum atomic E-state index is 13.7. The number of rotatable bonds is 9. The molecule has 1 unspecified atom stereocenters. The van der Waals surface area contributed by atoms with E-state index in [1.165, 1.54) is 49.0 Å². The molecule has 168 valence electrons. The molecule has 2 aromatic rings. The molecule has 0 aliphatic carbocycles. The Hall–Kier alpha value is -2.95. The summed E-state index contributed by atoms with van der Waals surface area (Å²) in [5.74, 6) is -1.09. The summed E-state index contributed by atoms with van der Waals surface area (Å²) in [6.07, 6.45) is -0.648. The topological polar surface area (TPSA) is 145 Å². The third-order valence-corrected chi connectivity index (χ3v) is 7.16. The van der Waals surface area contributed by atoms with Gasteiger partial charge in [-0.05, 0) is 56.2 Å². The Bertz CT molecular complexity index is 1050. The van der Waals surface area contributed by atoms with Crippen molar-refractivity contribution in [1.29, 1.82) is 0 Å². The van der Waals surface area contributed by atoms with Gasteiger partial charge in [0.1, 0.15) is 5.75 Å². The van der Waals surface area contributed by atoms with Crippen molar-refractivity contribution in [2.24, 2.45) is 5.73 Å². The van der Waals surface area contributed by atoms with Crippen LogP contribution >= 0.6 is 0 Å². The summed E-state index contributed by atoms with van der Waals surface area (Å²) in [5.41, 5.74) is 8.34. The first kappa shape index (κ1) is 24.3. The van der Waals surface area contributed by atoms with Crippen LogP contribution in [0.25, 0.3) is 0 Å². The number of carbonyl (C=O) groups is 2. The standard InChI is InChI=1S/C21H26N2O7S/c1-4-30-18(24)12-13-21(22,19-14(2)6-5-7-17(19)20(25)23-26)31(27,28)16-10-8-15(29-3)9-11-16/h5-11,26H,4,12-13,22H2,1-3H3,(H,23,25). The lowest BCUT2D eigenvalue weighted by molar-refractivity contribution is -0.143. The lowest BCUT2D eigenvalue weighted by Crippen LogP contribution is -2.47. The van der Waals surface area contributed by atoms with Gasteiger partial charge in [-0.2, -0.15) is 0 Å². The normalized spacial score (nSPS) is 13.2. The van der Waals surface area contributed by atoms with Gasteiger partial charge in [0.2, 0.25) is 9.84 Å². The van der Waals surface area contributed by atoms with E-state index in [0.29, 0.717) is 11.3 Å². The highest BCUT2D eigenvalue weighted by Gasteiger charge is 2.46. The number of hydrogen-bond donors (Lipinski definition) is 3. The predicted octanol–water partition coefficient (Wildman–Crippen LogP) is 2.05. The third kappa shape index (κ3) is 4.87. The monoisotopic (exact) mass is 450 g/mol. The Kier molecular flexibility index (Phi) is 7.77. The van der Waals surface area contributed by atoms with Crippen molar-refractivity contribution in [1.82, 2.24) is 5.48 Å². The van der Waals surface area contributed by atoms with Crippen molar-refractivity contribution in [3.05, 3.63) is 59.2 Å². The number of amides is 1. The zero-order valence-electron chi connectivity index (χ0n) is 17.5. The maximum Gasteiger partial charge on any atom is 0.305 e. The lowest BCUT2D eigenvalue weighted by Gasteiger charge is -2.32. The number of sulfone groups is 1. The lowest BCUT2D eigenvalue weighted by atomic mass is 9.92. The summed E-state index contributed by atoms with van der Waals surface area (Å²) >= 11 is 0. The summed E-state index contributed by atoms with van der Waals surface area (Å²) in [7, 11) is -2.88. The van der Waals surface area contributed by atoms with Crippen LogP contribution in [0.3, 0.4) is 0 Å². The second kappa shape index (κ2) is 9.90. The predicted molar refractivity (Wildman–Crippen MR) is 112 cm³/mol. The quantitative estimate of drug-likeness (QED) is 0.299. The summed E-state index contributed by atoms with van der Waals surface area (Å²) in [6.45, 7) is 3.36. The fourth-order valence-corrected chi connectivity index (χ4v) is 5.18. The van der Waals surface area contributed by atoms with Crippen molar-refractivity contribution >= 4 is 21.7 Å². The molecule has 0 aliphatic heterocycles. The fraction of sp³-hybridized carbons (Fsp3) is 0.333. The van der Waals surface area contributed by atoms with Crippen LogP contribution in [-0.4, -0.2) is 39.2 Å². The highest BCUT2D eigenvalue weighted by Crippen LogP contribution is 2.39. The highest BCUT2D eigenvalue weighted by molar-refractivity contribution is 7.92. The third-order valence-electron chi connectivity index (χ3n) is 4.90. The largest absolute Gasteiger partial charge is 0.497 e. The molecule has 0 saturated heterocycles. The van der Waals surface area contributed by atoms with E-state index in [1.54, 1.807) is 19.9 Å². The number of esters is 1. The molecule has 0 spiro atoms. The van der Waals surface area contributed by atoms with E-state index < -0.39 is 26.6 Å². The van der Waals surface area contributed by atoms with Crippen LogP contribution in [0, 0.1) is 6.92 Å². The molecule has 1 amide bonds. The van der Waals surface area contributed by atoms with E-state index in [-0.39, 0.29) is 35.5 Å². The van der Waals surface area contributed by atoms with Crippen molar-refractivity contribution in [2.75, 3.05) is 13.7 Å². The van der Waals surface area contributed by atoms with Crippen molar-refractivity contribution in [3.63, 3.8) is 0 Å². The van der Waals surface area contributed by atoms with E-state index in [4.69, 9.17) is 20.4 Å². The molecule has 2 aromatic carbocycles. The van der Waals surface area contributed by atoms with Crippen LogP contribution in [0.4, 0.5) is 0 Å². The minimum absolute atomic E-state index is 0.0123. The molecule has 0 aliphatic rings. The van der Waals surface area contributed by atoms with Gasteiger partial charge in [-0.15, -0.1) is 0 Å². The smallest absolute Gasteiger partial charge is 0.305 e. The Morgan fingerprint density at radius 1 is 1.16 bits per heavy atom. The van der Waals surface area contributed by atoms with Crippen LogP contribution in [0.15, 0.2) is 47.4 Å². The molecule has 1 atom stereocenters. The van der Waals surface area contributed by atoms with Crippen LogP contribution in [0.5, 0.6) is 5.75 Å². The molecular weight excluding hydrogens is 424 g/mol. The van der Waals surface area contributed by atoms with Crippen molar-refractivity contribution in [2.45, 2.75) is 36.5 Å². The number of benzene rings is 2. The minimum atomic E-state index is -4.32. The molecule has 31 heavy (non-hydrogen) atoms. The minimum Gasteiger partial charge on any atom is -0.497 e. The number of ether oxygens (including phenoxy) is 2. The number of carbonyl (C=O) groups excluding carboxylic acids is 2. The van der Waals surface area contributed by atoms with E-state index in [1.807, 2.05) is 0 Å². The van der Waals surface area contributed by atoms with Gasteiger partial charge >= 0.3 is 5.97 Å². The van der Waals surface area contributed by atoms with Gasteiger partial charge < -0.3 is 15.2 Å². The first-order valence-electron chi connectivity index (χ1n) is 9.50. The van der Waals surface area contributed by atoms with E-state index in [2.05, 4.69) is 0 Å². The van der Waals surface area contributed by atoms with Gasteiger partial charge in [-0.25, -0.2) is 13.9 Å². The fourth-order valence-electron chi connectivity index (χ4n) is 3.36. The molecule has 0 saturated carbocycles. The first-order chi connectivity index (χ1) is 14.6. The Morgan fingerprint density at radius 3 is 2.35 bits per heavy atom. The molecule has 0 fully saturated rings. The van der Waals surface area contributed by atoms with Crippen LogP contribution in [0.1, 0.15) is 41.3 Å². The maximum absolute atomic E-state index is 13.7. The van der Waals surface area contributed by atoms with Crippen molar-refractivity contribution < 1.29 is 32.7 Å². The first-order valence-corrected chi connectivity index (χ1v) is 11.0. The molecule has 10 heteroatoms. The number of hydroxylamine groups is 1. The molecular formula is C21H26N2O7S. The number of nitrogens with one attached hydrogen (secondary N) is 1. The van der Waals surface area contributed by atoms with Crippen molar-refractivity contribution in [3.8, 4) is 5.75 Å². The van der Waals surface area contributed by atoms with Crippen LogP contribution < -0.4 is 16.0 Å². The molecule has 0 bridgehead atoms. The van der Waals surface area contributed by atoms with Crippen LogP contribution in [-0.2, 0) is 24.2 Å². The summed E-state index contributed by atoms with van der Waals surface area (Å²) in [6, 6.07) is 10.1. The zero-order chi connectivity index (χ0) is 23.2. The average molecular weight is 451 g/mol. The van der Waals surface area contributed by atoms with E-state index in [0.717, 1.165) is 0 Å². The summed E-state index contributed by atoms with van der Waals surface area (Å²) in [5, 5.41) is 9.16. The summed E-state index contributed by atoms with van der Waals surface area (Å²) < 4.78 is 37.5. The number of aryl methyl sites for hydroxylation is 1. The SMILES string of the molecule is CCOC(=O)CCC(N)(c1c(C)cccc1C(=O)NO)S(=O)(=O)c1ccc(OC)cc1. The van der Waals surface area contributed by atoms with Gasteiger partial charge in [0, 0.05) is 17.5 Å². The van der Waals surface area contributed by atoms with Gasteiger partial charge in [-0.1, -0.05) is 12.1 Å². The molecule has 0 aromatic heterocycles. The number of methoxy groups -OCH3 is 1. The Morgan fingerprint density at radius 2 is 1.81 bits per heavy atom. The van der Waals surface area contributed by atoms with Gasteiger partial charge in [0.15, 0.2) is 4.87 Å². The average Bonchev–Trinajstić information content (AvgIpc) is 2.76. The molecule has 9 nitrogen and oxygen atoms in total. The van der Waals surface area contributed by atoms with E-state index in [9.17, 15) is 18.0 Å². The second-order valence-electron chi connectivity index (χ2n) is 6.81. The van der Waals surface area contributed by atoms with Gasteiger partial charge in [0.25, 0.3) is 5.91 Å². The van der Waals surface area contributed by atoms with Gasteiger partial charge in [-0.3, -0.25) is 14.8 Å². The Balaban J connectivity index is 2.73. The molecule has 0 heterocycles. The Labute approximate surface area is 181 Å². The molecule has 4 N–H and O–H groups in total. The van der Waals surface area contributed by atoms with Gasteiger partial charge in [0.05, 0.1) is 18.6 Å². The second-order valence-corrected chi connectivity index (χ2v) is 9.02. The zero-order valence-corrected chi connectivity index (χ0v) is 18.4. The molecule has 2 rings (SSSR count). The molecule has 0 radical (unpaired) electrons.